The van der Waals surface area contributed by atoms with Gasteiger partial charge in [0.05, 0.1) is 4.75 Å². The van der Waals surface area contributed by atoms with Crippen LogP contribution in [-0.2, 0) is 8.87 Å². The zero-order valence-corrected chi connectivity index (χ0v) is 17.0. The molecular formula is C19H36O2S2. The molecule has 1 aliphatic heterocycles. The molecule has 0 amide bonds. The van der Waals surface area contributed by atoms with E-state index in [1.165, 1.54) is 81.4 Å². The lowest BCUT2D eigenvalue weighted by Gasteiger charge is -2.23. The molecule has 2 nitrogen and oxygen atoms in total. The van der Waals surface area contributed by atoms with Crippen molar-refractivity contribution in [2.45, 2.75) is 108 Å². The Bertz CT molecular complexity index is 460. The molecule has 4 atom stereocenters. The Morgan fingerprint density at radius 1 is 0.957 bits per heavy atom. The van der Waals surface area contributed by atoms with E-state index in [9.17, 15) is 8.42 Å². The molecule has 4 unspecified atom stereocenters. The molecule has 1 saturated carbocycles. The van der Waals surface area contributed by atoms with Crippen LogP contribution >= 0.6 is 10.8 Å². The summed E-state index contributed by atoms with van der Waals surface area (Å²) in [4.78, 5) is 0. The molecule has 0 spiro atoms. The van der Waals surface area contributed by atoms with Gasteiger partial charge in [-0.05, 0) is 48.8 Å². The number of hydrogen-bond acceptors (Lipinski definition) is 3. The summed E-state index contributed by atoms with van der Waals surface area (Å²) in [6.07, 6.45) is 15.2. The van der Waals surface area contributed by atoms with Gasteiger partial charge in [0, 0.05) is 5.25 Å². The van der Waals surface area contributed by atoms with Crippen LogP contribution in [0.15, 0.2) is 0 Å². The van der Waals surface area contributed by atoms with Crippen molar-refractivity contribution in [3.05, 3.63) is 0 Å². The zero-order chi connectivity index (χ0) is 16.9. The van der Waals surface area contributed by atoms with Crippen molar-refractivity contribution in [1.29, 1.82) is 0 Å². The maximum atomic E-state index is 12.4. The van der Waals surface area contributed by atoms with E-state index in [1.807, 2.05) is 6.92 Å². The second-order valence-electron chi connectivity index (χ2n) is 7.95. The topological polar surface area (TPSA) is 34.1 Å². The van der Waals surface area contributed by atoms with Crippen LogP contribution in [-0.4, -0.2) is 18.4 Å². The van der Waals surface area contributed by atoms with E-state index in [2.05, 4.69) is 13.8 Å². The maximum absolute atomic E-state index is 12.4. The van der Waals surface area contributed by atoms with Gasteiger partial charge in [0.2, 0.25) is 8.87 Å². The summed E-state index contributed by atoms with van der Waals surface area (Å²) in [7, 11) is -1.57. The highest BCUT2D eigenvalue weighted by Gasteiger charge is 2.70. The Labute approximate surface area is 147 Å². The Morgan fingerprint density at radius 3 is 1.91 bits per heavy atom. The van der Waals surface area contributed by atoms with Crippen LogP contribution in [0.5, 0.6) is 0 Å². The third-order valence-corrected chi connectivity index (χ3v) is 11.4. The molecule has 2 rings (SSSR count). The van der Waals surface area contributed by atoms with E-state index in [0.717, 1.165) is 6.42 Å². The van der Waals surface area contributed by atoms with Crippen LogP contribution in [0.4, 0.5) is 0 Å². The standard InChI is InChI=1S/C19H36O2S2/c1-4-6-8-10-12-14-16(13-11-9-7-5-2)18-17-15-19(17,3)23(20,21)22-18/h16-18H,4-15H2,1-3H3. The van der Waals surface area contributed by atoms with Crippen LogP contribution in [0.3, 0.4) is 0 Å². The molecule has 2 aliphatic rings. The molecule has 0 radical (unpaired) electrons. The maximum Gasteiger partial charge on any atom is 0.207 e. The van der Waals surface area contributed by atoms with Gasteiger partial charge in [-0.2, -0.15) is 0 Å². The summed E-state index contributed by atoms with van der Waals surface area (Å²) in [5.74, 6) is 1.08. The van der Waals surface area contributed by atoms with Crippen molar-refractivity contribution in [2.24, 2.45) is 11.8 Å². The average Bonchev–Trinajstić information content (AvgIpc) is 3.16. The van der Waals surface area contributed by atoms with Gasteiger partial charge in [0.15, 0.2) is 0 Å². The van der Waals surface area contributed by atoms with E-state index < -0.39 is 8.87 Å². The molecule has 0 N–H and O–H groups in total. The average molecular weight is 361 g/mol. The second-order valence-corrected chi connectivity index (χ2v) is 12.4. The monoisotopic (exact) mass is 360 g/mol. The summed E-state index contributed by atoms with van der Waals surface area (Å²) in [5, 5.41) is 0.387. The summed E-state index contributed by atoms with van der Waals surface area (Å²) < 4.78 is 24.4. The van der Waals surface area contributed by atoms with E-state index in [1.54, 1.807) is 0 Å². The first-order valence-electron chi connectivity index (χ1n) is 9.89. The number of unbranched alkanes of at least 4 members (excludes halogenated alkanes) is 7. The SMILES string of the molecule is CCCCCCCC(CCCCCC)C1SS(=O)(=O)C2(C)CC12. The fraction of sp³-hybridized carbons (Fsp3) is 1.00. The van der Waals surface area contributed by atoms with Crippen LogP contribution < -0.4 is 0 Å². The highest BCUT2D eigenvalue weighted by Crippen LogP contribution is 2.67. The fourth-order valence-corrected chi connectivity index (χ4v) is 9.62. The third-order valence-electron chi connectivity index (χ3n) is 6.03. The van der Waals surface area contributed by atoms with E-state index in [4.69, 9.17) is 0 Å². The molecule has 1 saturated heterocycles. The third kappa shape index (κ3) is 4.68. The molecule has 1 aliphatic carbocycles. The first-order chi connectivity index (χ1) is 11.0. The molecule has 4 heteroatoms. The van der Waals surface area contributed by atoms with Crippen molar-refractivity contribution in [2.75, 3.05) is 0 Å². The summed E-state index contributed by atoms with van der Waals surface area (Å²) >= 11 is 0. The molecule has 0 aromatic heterocycles. The second kappa shape index (κ2) is 8.60. The fourth-order valence-electron chi connectivity index (χ4n) is 4.18. The first kappa shape index (κ1) is 19.6. The Kier molecular flexibility index (Phi) is 7.34. The Hall–Kier alpha value is 0.300. The lowest BCUT2D eigenvalue weighted by atomic mass is 9.89. The van der Waals surface area contributed by atoms with Crippen molar-refractivity contribution in [3.63, 3.8) is 0 Å². The Balaban J connectivity index is 1.86. The molecular weight excluding hydrogens is 324 g/mol. The molecule has 0 bridgehead atoms. The van der Waals surface area contributed by atoms with Crippen LogP contribution in [0.25, 0.3) is 0 Å². The normalized spacial score (nSPS) is 32.7. The van der Waals surface area contributed by atoms with Crippen molar-refractivity contribution >= 4 is 19.7 Å². The number of rotatable bonds is 12. The zero-order valence-electron chi connectivity index (χ0n) is 15.4. The number of fused-ring (bicyclic) bond motifs is 1. The van der Waals surface area contributed by atoms with Crippen LogP contribution in [0.2, 0.25) is 0 Å². The minimum atomic E-state index is -2.90. The van der Waals surface area contributed by atoms with Gasteiger partial charge < -0.3 is 0 Å². The van der Waals surface area contributed by atoms with E-state index in [-0.39, 0.29) is 4.75 Å². The van der Waals surface area contributed by atoms with Gasteiger partial charge >= 0.3 is 0 Å². The first-order valence-corrected chi connectivity index (χ1v) is 12.8. The largest absolute Gasteiger partial charge is 0.217 e. The minimum absolute atomic E-state index is 0.369. The van der Waals surface area contributed by atoms with Crippen molar-refractivity contribution in [3.8, 4) is 0 Å². The van der Waals surface area contributed by atoms with Crippen molar-refractivity contribution < 1.29 is 8.42 Å². The van der Waals surface area contributed by atoms with Gasteiger partial charge in [0.1, 0.15) is 0 Å². The summed E-state index contributed by atoms with van der Waals surface area (Å²) in [5.41, 5.74) is 0. The summed E-state index contributed by atoms with van der Waals surface area (Å²) in [6.45, 7) is 6.49. The molecule has 1 heterocycles. The highest BCUT2D eigenvalue weighted by atomic mass is 33.1. The quantitative estimate of drug-likeness (QED) is 0.309. The van der Waals surface area contributed by atoms with Crippen molar-refractivity contribution in [1.82, 2.24) is 0 Å². The summed E-state index contributed by atoms with van der Waals surface area (Å²) in [6, 6.07) is 0. The van der Waals surface area contributed by atoms with Crippen LogP contribution in [0.1, 0.15) is 97.8 Å². The Morgan fingerprint density at radius 2 is 1.48 bits per heavy atom. The van der Waals surface area contributed by atoms with Gasteiger partial charge in [-0.25, -0.2) is 8.42 Å². The number of hydrogen-bond donors (Lipinski definition) is 0. The predicted molar refractivity (Wildman–Crippen MR) is 102 cm³/mol. The molecule has 0 aromatic rings. The van der Waals surface area contributed by atoms with Gasteiger partial charge in [-0.3, -0.25) is 0 Å². The van der Waals surface area contributed by atoms with E-state index >= 15 is 0 Å². The predicted octanol–water partition coefficient (Wildman–Crippen LogP) is 6.16. The molecule has 136 valence electrons. The van der Waals surface area contributed by atoms with E-state index in [0.29, 0.717) is 17.1 Å². The van der Waals surface area contributed by atoms with Crippen LogP contribution in [0, 0.1) is 11.8 Å². The lowest BCUT2D eigenvalue weighted by Crippen LogP contribution is -2.19. The van der Waals surface area contributed by atoms with Gasteiger partial charge in [0.25, 0.3) is 0 Å². The molecule has 23 heavy (non-hydrogen) atoms. The smallest absolute Gasteiger partial charge is 0.207 e. The molecule has 0 aromatic carbocycles. The van der Waals surface area contributed by atoms with Gasteiger partial charge in [-0.1, -0.05) is 71.6 Å². The van der Waals surface area contributed by atoms with Gasteiger partial charge in [-0.15, -0.1) is 0 Å². The minimum Gasteiger partial charge on any atom is -0.217 e. The highest BCUT2D eigenvalue weighted by molar-refractivity contribution is 8.73. The lowest BCUT2D eigenvalue weighted by molar-refractivity contribution is 0.375. The molecule has 2 fully saturated rings.